The van der Waals surface area contributed by atoms with Crippen LogP contribution in [0.4, 0.5) is 0 Å². The second kappa shape index (κ2) is 8.85. The number of rotatable bonds is 0. The Balaban J connectivity index is 0. The third kappa shape index (κ3) is 5.97. The summed E-state index contributed by atoms with van der Waals surface area (Å²) in [5.41, 5.74) is 2.13. The highest BCUT2D eigenvalue weighted by Gasteiger charge is 1.91. The van der Waals surface area contributed by atoms with Crippen LogP contribution in [0.1, 0.15) is 25.0 Å². The number of phenolic OH excluding ortho intramolecular Hbond substituents is 1. The Morgan fingerprint density at radius 1 is 1.08 bits per heavy atom. The van der Waals surface area contributed by atoms with Gasteiger partial charge in [0.2, 0.25) is 0 Å². The second-order valence-corrected chi connectivity index (χ2v) is 2.29. The van der Waals surface area contributed by atoms with E-state index in [-0.39, 0.29) is 0 Å². The molecule has 0 saturated heterocycles. The van der Waals surface area contributed by atoms with Gasteiger partial charge in [-0.25, -0.2) is 0 Å². The lowest BCUT2D eigenvalue weighted by atomic mass is 10.1. The summed E-state index contributed by atoms with van der Waals surface area (Å²) in [5.74, 6) is 0.376. The Morgan fingerprint density at radius 3 is 1.85 bits per heavy atom. The van der Waals surface area contributed by atoms with Crippen molar-refractivity contribution in [3.63, 3.8) is 0 Å². The molecule has 0 amide bonds. The predicted octanol–water partition coefficient (Wildman–Crippen LogP) is 3.84. The minimum atomic E-state index is 0.376. The molecule has 0 unspecified atom stereocenters. The molecule has 1 rings (SSSR count). The van der Waals surface area contributed by atoms with Crippen LogP contribution >= 0.6 is 0 Å². The number of phenols is 1. The van der Waals surface area contributed by atoms with Gasteiger partial charge in [-0.05, 0) is 25.5 Å². The number of aryl methyl sites for hydroxylation is 2. The van der Waals surface area contributed by atoms with Crippen LogP contribution in [0.3, 0.4) is 0 Å². The van der Waals surface area contributed by atoms with Crippen molar-refractivity contribution < 1.29 is 5.11 Å². The summed E-state index contributed by atoms with van der Waals surface area (Å²) in [5, 5.41) is 9.04. The van der Waals surface area contributed by atoms with Crippen molar-refractivity contribution >= 4 is 0 Å². The highest BCUT2D eigenvalue weighted by Crippen LogP contribution is 2.15. The molecule has 0 saturated carbocycles. The normalized spacial score (nSPS) is 7.38. The molecule has 0 spiro atoms. The Hall–Kier alpha value is -1.24. The van der Waals surface area contributed by atoms with Crippen LogP contribution in [0.5, 0.6) is 5.75 Å². The first-order valence-corrected chi connectivity index (χ1v) is 4.46. The Bertz CT molecular complexity index is 229. The van der Waals surface area contributed by atoms with E-state index in [0.29, 0.717) is 5.75 Å². The van der Waals surface area contributed by atoms with Gasteiger partial charge in [-0.1, -0.05) is 31.5 Å². The van der Waals surface area contributed by atoms with Gasteiger partial charge in [0.05, 0.1) is 0 Å². The van der Waals surface area contributed by atoms with E-state index in [1.807, 2.05) is 39.8 Å². The molecule has 74 valence electrons. The molecule has 0 aromatic heterocycles. The van der Waals surface area contributed by atoms with Gasteiger partial charge in [-0.2, -0.15) is 0 Å². The van der Waals surface area contributed by atoms with E-state index in [1.54, 1.807) is 6.07 Å². The van der Waals surface area contributed by atoms with Crippen LogP contribution in [-0.2, 0) is 0 Å². The Kier molecular flexibility index (Phi) is 9.73. The SMILES string of the molecule is C=C.CC.Cc1ccc(O)c(C)c1. The lowest BCUT2D eigenvalue weighted by Gasteiger charge is -1.97. The Morgan fingerprint density at radius 2 is 1.54 bits per heavy atom. The molecule has 1 nitrogen and oxygen atoms in total. The molecule has 0 aliphatic heterocycles. The van der Waals surface area contributed by atoms with Gasteiger partial charge in [0.15, 0.2) is 0 Å². The predicted molar refractivity (Wildman–Crippen MR) is 60.2 cm³/mol. The van der Waals surface area contributed by atoms with E-state index in [9.17, 15) is 0 Å². The summed E-state index contributed by atoms with van der Waals surface area (Å²) in [6, 6.07) is 5.56. The van der Waals surface area contributed by atoms with Crippen LogP contribution in [0.15, 0.2) is 31.4 Å². The fourth-order valence-corrected chi connectivity index (χ4v) is 0.805. The molecule has 1 N–H and O–H groups in total. The van der Waals surface area contributed by atoms with Crippen LogP contribution in [0, 0.1) is 13.8 Å². The monoisotopic (exact) mass is 180 g/mol. The maximum absolute atomic E-state index is 9.04. The summed E-state index contributed by atoms with van der Waals surface area (Å²) in [4.78, 5) is 0. The fraction of sp³-hybridized carbons (Fsp3) is 0.333. The molecule has 0 bridgehead atoms. The lowest BCUT2D eigenvalue weighted by molar-refractivity contribution is 0.471. The molecular formula is C12H20O. The minimum Gasteiger partial charge on any atom is -0.508 e. The second-order valence-electron chi connectivity index (χ2n) is 2.29. The molecule has 1 aromatic rings. The van der Waals surface area contributed by atoms with Crippen LogP contribution < -0.4 is 0 Å². The van der Waals surface area contributed by atoms with Crippen molar-refractivity contribution in [1.82, 2.24) is 0 Å². The van der Waals surface area contributed by atoms with Gasteiger partial charge in [0.25, 0.3) is 0 Å². The van der Waals surface area contributed by atoms with Crippen molar-refractivity contribution in [3.05, 3.63) is 42.5 Å². The number of aromatic hydroxyl groups is 1. The smallest absolute Gasteiger partial charge is 0.118 e. The summed E-state index contributed by atoms with van der Waals surface area (Å²) >= 11 is 0. The quantitative estimate of drug-likeness (QED) is 0.601. The highest BCUT2D eigenvalue weighted by atomic mass is 16.3. The first-order valence-electron chi connectivity index (χ1n) is 4.46. The lowest BCUT2D eigenvalue weighted by Crippen LogP contribution is -1.75. The number of hydrogen-bond acceptors (Lipinski definition) is 1. The largest absolute Gasteiger partial charge is 0.508 e. The van der Waals surface area contributed by atoms with Crippen LogP contribution in [0.2, 0.25) is 0 Å². The highest BCUT2D eigenvalue weighted by molar-refractivity contribution is 5.34. The average Bonchev–Trinajstić information content (AvgIpc) is 2.18. The van der Waals surface area contributed by atoms with Crippen LogP contribution in [0.25, 0.3) is 0 Å². The molecule has 1 aromatic carbocycles. The van der Waals surface area contributed by atoms with E-state index in [1.165, 1.54) is 5.56 Å². The van der Waals surface area contributed by atoms with E-state index in [4.69, 9.17) is 5.11 Å². The number of benzene rings is 1. The molecule has 0 fully saturated rings. The van der Waals surface area contributed by atoms with Crippen molar-refractivity contribution in [2.24, 2.45) is 0 Å². The average molecular weight is 180 g/mol. The van der Waals surface area contributed by atoms with Gasteiger partial charge in [-0.3, -0.25) is 0 Å². The van der Waals surface area contributed by atoms with Crippen molar-refractivity contribution in [3.8, 4) is 5.75 Å². The molecule has 0 heterocycles. The molecule has 0 aliphatic rings. The fourth-order valence-electron chi connectivity index (χ4n) is 0.805. The summed E-state index contributed by atoms with van der Waals surface area (Å²) in [6.45, 7) is 13.9. The number of hydrogen-bond donors (Lipinski definition) is 1. The van der Waals surface area contributed by atoms with Gasteiger partial charge in [0, 0.05) is 0 Å². The molecule has 13 heavy (non-hydrogen) atoms. The van der Waals surface area contributed by atoms with Crippen LogP contribution in [-0.4, -0.2) is 5.11 Å². The van der Waals surface area contributed by atoms with Gasteiger partial charge < -0.3 is 5.11 Å². The molecule has 0 atom stereocenters. The van der Waals surface area contributed by atoms with E-state index in [2.05, 4.69) is 13.2 Å². The zero-order chi connectivity index (χ0) is 10.9. The zero-order valence-corrected chi connectivity index (χ0v) is 9.09. The topological polar surface area (TPSA) is 20.2 Å². The van der Waals surface area contributed by atoms with Gasteiger partial charge in [0.1, 0.15) is 5.75 Å². The van der Waals surface area contributed by atoms with Crippen molar-refractivity contribution in [2.45, 2.75) is 27.7 Å². The third-order valence-corrected chi connectivity index (χ3v) is 1.35. The maximum Gasteiger partial charge on any atom is 0.118 e. The molecule has 0 aliphatic carbocycles. The summed E-state index contributed by atoms with van der Waals surface area (Å²) in [6.07, 6.45) is 0. The van der Waals surface area contributed by atoms with E-state index >= 15 is 0 Å². The first kappa shape index (κ1) is 14.3. The maximum atomic E-state index is 9.04. The van der Waals surface area contributed by atoms with E-state index < -0.39 is 0 Å². The van der Waals surface area contributed by atoms with Gasteiger partial charge in [-0.15, -0.1) is 13.2 Å². The zero-order valence-electron chi connectivity index (χ0n) is 9.09. The molecule has 0 radical (unpaired) electrons. The third-order valence-electron chi connectivity index (χ3n) is 1.35. The molecule has 1 heteroatoms. The van der Waals surface area contributed by atoms with Crippen molar-refractivity contribution in [1.29, 1.82) is 0 Å². The van der Waals surface area contributed by atoms with E-state index in [0.717, 1.165) is 5.56 Å². The van der Waals surface area contributed by atoms with Crippen molar-refractivity contribution in [2.75, 3.05) is 0 Å². The summed E-state index contributed by atoms with van der Waals surface area (Å²) in [7, 11) is 0. The minimum absolute atomic E-state index is 0.376. The standard InChI is InChI=1S/C8H10O.C2H6.C2H4/c1-6-3-4-8(9)7(2)5-6;2*1-2/h3-5,9H,1-2H3;1-2H3;1-2H2. The van der Waals surface area contributed by atoms with Gasteiger partial charge >= 0.3 is 0 Å². The summed E-state index contributed by atoms with van der Waals surface area (Å²) < 4.78 is 0. The molecular weight excluding hydrogens is 160 g/mol. The Labute approximate surface area is 81.7 Å². The first-order chi connectivity index (χ1) is 6.20.